The molecule has 0 aliphatic rings. The van der Waals surface area contributed by atoms with E-state index in [2.05, 4.69) is 31.3 Å². The van der Waals surface area contributed by atoms with Crippen molar-refractivity contribution in [3.05, 3.63) is 12.2 Å². The molecule has 0 aromatic carbocycles. The molecule has 3 unspecified atom stereocenters. The number of unbranched alkanes of at least 4 members (excludes halogenated alkanes) is 34. The summed E-state index contributed by atoms with van der Waals surface area (Å²) in [6.07, 6.45) is 51.9. The van der Waals surface area contributed by atoms with Crippen LogP contribution >= 0.6 is 0 Å². The summed E-state index contributed by atoms with van der Waals surface area (Å²) >= 11 is 0. The Morgan fingerprint density at radius 1 is 0.453 bits per heavy atom. The Kier molecular flexibility index (Phi) is 43.1. The summed E-state index contributed by atoms with van der Waals surface area (Å²) in [6.45, 7) is 4.19. The fraction of sp³-hybridized carbons (Fsp3) is 0.938. The molecule has 0 spiro atoms. The summed E-state index contributed by atoms with van der Waals surface area (Å²) in [4.78, 5) is 12.4. The second-order valence-electron chi connectivity index (χ2n) is 16.7. The first-order chi connectivity index (χ1) is 26.1. The summed E-state index contributed by atoms with van der Waals surface area (Å²) in [7, 11) is 0. The Balaban J connectivity index is 3.58. The van der Waals surface area contributed by atoms with Gasteiger partial charge in [0, 0.05) is 6.42 Å². The molecule has 0 rings (SSSR count). The van der Waals surface area contributed by atoms with E-state index in [4.69, 9.17) is 0 Å². The van der Waals surface area contributed by atoms with Crippen LogP contribution in [0.1, 0.15) is 264 Å². The fourth-order valence-corrected chi connectivity index (χ4v) is 7.63. The van der Waals surface area contributed by atoms with Crippen LogP contribution < -0.4 is 5.32 Å². The quantitative estimate of drug-likeness (QED) is 0.0369. The van der Waals surface area contributed by atoms with Crippen molar-refractivity contribution in [2.24, 2.45) is 0 Å². The topological polar surface area (TPSA) is 89.8 Å². The highest BCUT2D eigenvalue weighted by molar-refractivity contribution is 5.76. The van der Waals surface area contributed by atoms with Crippen molar-refractivity contribution in [3.63, 3.8) is 0 Å². The third-order valence-corrected chi connectivity index (χ3v) is 11.4. The molecule has 0 bridgehead atoms. The minimum Gasteiger partial charge on any atom is -0.394 e. The maximum Gasteiger partial charge on any atom is 0.220 e. The molecule has 53 heavy (non-hydrogen) atoms. The maximum atomic E-state index is 12.4. The Bertz CT molecular complexity index is 743. The predicted molar refractivity (Wildman–Crippen MR) is 232 cm³/mol. The molecule has 0 aromatic heterocycles. The van der Waals surface area contributed by atoms with Crippen LogP contribution in [0.5, 0.6) is 0 Å². The first-order valence-electron chi connectivity index (χ1n) is 24.0. The third kappa shape index (κ3) is 39.1. The zero-order valence-corrected chi connectivity index (χ0v) is 35.9. The number of amides is 1. The molecular weight excluding hydrogens is 655 g/mol. The minimum absolute atomic E-state index is 0.149. The van der Waals surface area contributed by atoms with Crippen molar-refractivity contribution >= 4 is 5.91 Å². The van der Waals surface area contributed by atoms with E-state index in [1.54, 1.807) is 0 Å². The van der Waals surface area contributed by atoms with Crippen LogP contribution in [-0.2, 0) is 4.79 Å². The lowest BCUT2D eigenvalue weighted by molar-refractivity contribution is -0.124. The average Bonchev–Trinajstić information content (AvgIpc) is 3.16. The minimum atomic E-state index is -1.15. The fourth-order valence-electron chi connectivity index (χ4n) is 7.63. The van der Waals surface area contributed by atoms with E-state index in [9.17, 15) is 20.1 Å². The average molecular weight is 750 g/mol. The number of allylic oxidation sites excluding steroid dienone is 2. The SMILES string of the molecule is CCCCCCCCCCCCC/C=C/CCCC(O)C(O)C(CO)NC(=O)CCCCCCCCCCCCCCCCCCCCCCCCC. The molecule has 4 N–H and O–H groups in total. The van der Waals surface area contributed by atoms with Gasteiger partial charge in [-0.3, -0.25) is 4.79 Å². The monoisotopic (exact) mass is 750 g/mol. The smallest absolute Gasteiger partial charge is 0.220 e. The normalized spacial score (nSPS) is 13.5. The van der Waals surface area contributed by atoms with Gasteiger partial charge in [-0.25, -0.2) is 0 Å². The van der Waals surface area contributed by atoms with Crippen molar-refractivity contribution in [2.75, 3.05) is 6.61 Å². The first-order valence-corrected chi connectivity index (χ1v) is 24.0. The predicted octanol–water partition coefficient (Wildman–Crippen LogP) is 14.0. The van der Waals surface area contributed by atoms with Gasteiger partial charge in [0.1, 0.15) is 6.10 Å². The van der Waals surface area contributed by atoms with Gasteiger partial charge < -0.3 is 20.6 Å². The molecule has 0 saturated heterocycles. The maximum absolute atomic E-state index is 12.4. The molecule has 5 nitrogen and oxygen atoms in total. The van der Waals surface area contributed by atoms with Crippen LogP contribution in [0.25, 0.3) is 0 Å². The van der Waals surface area contributed by atoms with Gasteiger partial charge in [-0.05, 0) is 38.5 Å². The van der Waals surface area contributed by atoms with Crippen molar-refractivity contribution in [3.8, 4) is 0 Å². The largest absolute Gasteiger partial charge is 0.394 e. The molecule has 0 saturated carbocycles. The highest BCUT2D eigenvalue weighted by Crippen LogP contribution is 2.17. The number of aliphatic hydroxyl groups excluding tert-OH is 3. The van der Waals surface area contributed by atoms with Gasteiger partial charge in [0.05, 0.1) is 18.8 Å². The summed E-state index contributed by atoms with van der Waals surface area (Å²) in [5.41, 5.74) is 0. The molecule has 0 fully saturated rings. The number of carbonyl (C=O) groups is 1. The van der Waals surface area contributed by atoms with Gasteiger partial charge >= 0.3 is 0 Å². The number of rotatable bonds is 44. The zero-order valence-electron chi connectivity index (χ0n) is 35.9. The van der Waals surface area contributed by atoms with E-state index in [1.165, 1.54) is 199 Å². The standard InChI is InChI=1S/C48H95NO4/c1-3-5-7-9-11-13-15-17-19-21-22-23-24-25-26-27-29-31-33-35-37-39-41-43-47(52)49-45(44-50)48(53)46(51)42-40-38-36-34-32-30-28-20-18-16-14-12-10-8-6-4-2/h34,36,45-46,48,50-51,53H,3-33,35,37-44H2,1-2H3,(H,49,52)/b36-34+. The third-order valence-electron chi connectivity index (χ3n) is 11.4. The summed E-state index contributed by atoms with van der Waals surface area (Å²) in [6, 6.07) is -0.821. The van der Waals surface area contributed by atoms with E-state index in [0.29, 0.717) is 12.8 Å². The van der Waals surface area contributed by atoms with Gasteiger partial charge in [-0.2, -0.15) is 0 Å². The van der Waals surface area contributed by atoms with Crippen molar-refractivity contribution in [1.29, 1.82) is 0 Å². The van der Waals surface area contributed by atoms with Gasteiger partial charge in [0.25, 0.3) is 0 Å². The summed E-state index contributed by atoms with van der Waals surface area (Å²) in [5.74, 6) is -0.149. The molecule has 0 heterocycles. The molecule has 5 heteroatoms. The van der Waals surface area contributed by atoms with Gasteiger partial charge in [0.2, 0.25) is 5.91 Å². The second-order valence-corrected chi connectivity index (χ2v) is 16.7. The Morgan fingerprint density at radius 2 is 0.755 bits per heavy atom. The number of carbonyl (C=O) groups excluding carboxylic acids is 1. The van der Waals surface area contributed by atoms with E-state index < -0.39 is 18.2 Å². The molecule has 1 amide bonds. The molecule has 0 aromatic rings. The summed E-state index contributed by atoms with van der Waals surface area (Å²) < 4.78 is 0. The lowest BCUT2D eigenvalue weighted by Gasteiger charge is -2.26. The highest BCUT2D eigenvalue weighted by atomic mass is 16.3. The van der Waals surface area contributed by atoms with E-state index in [0.717, 1.165) is 38.5 Å². The second kappa shape index (κ2) is 43.8. The van der Waals surface area contributed by atoms with E-state index in [1.807, 2.05) is 0 Å². The van der Waals surface area contributed by atoms with Crippen molar-refractivity contribution < 1.29 is 20.1 Å². The van der Waals surface area contributed by atoms with Crippen LogP contribution in [0.4, 0.5) is 0 Å². The number of hydrogen-bond acceptors (Lipinski definition) is 4. The Morgan fingerprint density at radius 3 is 1.09 bits per heavy atom. The highest BCUT2D eigenvalue weighted by Gasteiger charge is 2.26. The molecule has 316 valence electrons. The van der Waals surface area contributed by atoms with Crippen LogP contribution in [0, 0.1) is 0 Å². The van der Waals surface area contributed by atoms with Gasteiger partial charge in [-0.15, -0.1) is 0 Å². The van der Waals surface area contributed by atoms with Gasteiger partial charge in [-0.1, -0.05) is 231 Å². The Hall–Kier alpha value is -0.910. The molecule has 0 aliphatic heterocycles. The number of aliphatic hydroxyl groups is 3. The first kappa shape index (κ1) is 52.1. The number of nitrogens with one attached hydrogen (secondary N) is 1. The van der Waals surface area contributed by atoms with E-state index in [-0.39, 0.29) is 12.5 Å². The lowest BCUT2D eigenvalue weighted by atomic mass is 10.0. The molecule has 0 radical (unpaired) electrons. The zero-order chi connectivity index (χ0) is 38.7. The van der Waals surface area contributed by atoms with E-state index >= 15 is 0 Å². The van der Waals surface area contributed by atoms with Gasteiger partial charge in [0.15, 0.2) is 0 Å². The molecule has 3 atom stereocenters. The Labute approximate surface area is 331 Å². The summed E-state index contributed by atoms with van der Waals surface area (Å²) in [5, 5.41) is 33.6. The lowest BCUT2D eigenvalue weighted by Crippen LogP contribution is -2.50. The molecule has 0 aliphatic carbocycles. The van der Waals surface area contributed by atoms with Crippen LogP contribution in [0.2, 0.25) is 0 Å². The van der Waals surface area contributed by atoms with Crippen LogP contribution in [0.3, 0.4) is 0 Å². The number of hydrogen-bond donors (Lipinski definition) is 4. The molecular formula is C48H95NO4. The van der Waals surface area contributed by atoms with Crippen LogP contribution in [-0.4, -0.2) is 46.1 Å². The van der Waals surface area contributed by atoms with Crippen molar-refractivity contribution in [1.82, 2.24) is 5.32 Å². The van der Waals surface area contributed by atoms with Crippen LogP contribution in [0.15, 0.2) is 12.2 Å². The van der Waals surface area contributed by atoms with Crippen molar-refractivity contribution in [2.45, 2.75) is 283 Å².